The average Bonchev–Trinajstić information content (AvgIpc) is 2.82. The minimum atomic E-state index is -3.44. The number of carbonyl (C=O) groups is 1. The number of hydrogen-bond acceptors (Lipinski definition) is 6. The zero-order chi connectivity index (χ0) is 14.8. The summed E-state index contributed by atoms with van der Waals surface area (Å²) in [6.07, 6.45) is 0. The zero-order valence-corrected chi connectivity index (χ0v) is 12.4. The van der Waals surface area contributed by atoms with E-state index in [1.54, 1.807) is 6.07 Å². The second kappa shape index (κ2) is 5.69. The molecular formula is C13H12N2O3S2. The lowest BCUT2D eigenvalue weighted by atomic mass is 10.1. The predicted molar refractivity (Wildman–Crippen MR) is 77.3 cm³/mol. The first-order chi connectivity index (χ1) is 9.46. The number of aromatic nitrogens is 1. The fourth-order valence-corrected chi connectivity index (χ4v) is 3.52. The number of carbonyl (C=O) groups excluding carboxylic acids is 1. The smallest absolute Gasteiger partial charge is 0.171 e. The van der Waals surface area contributed by atoms with Crippen LogP contribution in [0.2, 0.25) is 0 Å². The van der Waals surface area contributed by atoms with Crippen molar-refractivity contribution in [1.29, 1.82) is 5.26 Å². The van der Waals surface area contributed by atoms with E-state index in [0.29, 0.717) is 10.5 Å². The van der Waals surface area contributed by atoms with Crippen molar-refractivity contribution in [2.45, 2.75) is 12.8 Å². The van der Waals surface area contributed by atoms with E-state index in [2.05, 4.69) is 4.98 Å². The van der Waals surface area contributed by atoms with Crippen LogP contribution < -0.4 is 0 Å². The number of ketones is 1. The van der Waals surface area contributed by atoms with Crippen LogP contribution in [-0.4, -0.2) is 30.7 Å². The van der Waals surface area contributed by atoms with Crippen LogP contribution in [0.15, 0.2) is 24.3 Å². The van der Waals surface area contributed by atoms with Crippen LogP contribution in [0.25, 0.3) is 10.2 Å². The molecule has 0 N–H and O–H groups in total. The minimum absolute atomic E-state index is 0.114. The monoisotopic (exact) mass is 308 g/mol. The Morgan fingerprint density at radius 1 is 1.45 bits per heavy atom. The third-order valence-corrected chi connectivity index (χ3v) is 5.52. The molecule has 0 aliphatic carbocycles. The number of nitriles is 1. The molecule has 0 radical (unpaired) electrons. The number of rotatable bonds is 5. The lowest BCUT2D eigenvalue weighted by molar-refractivity contribution is -0.116. The Bertz CT molecular complexity index is 754. The van der Waals surface area contributed by atoms with Gasteiger partial charge in [-0.25, -0.2) is 13.4 Å². The summed E-state index contributed by atoms with van der Waals surface area (Å²) in [7, 11) is -3.44. The Balaban J connectivity index is 2.33. The van der Waals surface area contributed by atoms with Crippen molar-refractivity contribution in [3.05, 3.63) is 29.3 Å². The molecule has 1 aromatic carbocycles. The van der Waals surface area contributed by atoms with Gasteiger partial charge in [0.1, 0.15) is 10.8 Å². The average molecular weight is 308 g/mol. The molecule has 7 heteroatoms. The number of fused-ring (bicyclic) bond motifs is 1. The third-order valence-electron chi connectivity index (χ3n) is 2.81. The molecule has 0 unspecified atom stereocenters. The molecule has 0 saturated heterocycles. The molecule has 1 aromatic heterocycles. The van der Waals surface area contributed by atoms with Gasteiger partial charge in [-0.1, -0.05) is 19.1 Å². The Morgan fingerprint density at radius 3 is 2.75 bits per heavy atom. The third kappa shape index (κ3) is 3.03. The van der Waals surface area contributed by atoms with Gasteiger partial charge in [0, 0.05) is 5.75 Å². The topological polar surface area (TPSA) is 87.9 Å². The maximum Gasteiger partial charge on any atom is 0.171 e. The zero-order valence-electron chi connectivity index (χ0n) is 10.7. The Kier molecular flexibility index (Phi) is 4.16. The number of thiazole rings is 1. The molecule has 2 aromatic rings. The van der Waals surface area contributed by atoms with Crippen LogP contribution in [0.4, 0.5) is 0 Å². The second-order valence-corrected chi connectivity index (χ2v) is 7.64. The summed E-state index contributed by atoms with van der Waals surface area (Å²) >= 11 is 1.24. The number of nitrogens with zero attached hydrogens (tertiary/aromatic N) is 2. The fraction of sp³-hybridized carbons (Fsp3) is 0.308. The normalized spacial score (nSPS) is 13.0. The van der Waals surface area contributed by atoms with E-state index >= 15 is 0 Å². The van der Waals surface area contributed by atoms with Crippen molar-refractivity contribution in [1.82, 2.24) is 4.98 Å². The van der Waals surface area contributed by atoms with E-state index in [-0.39, 0.29) is 5.75 Å². The van der Waals surface area contributed by atoms with Gasteiger partial charge in [-0.05, 0) is 12.1 Å². The van der Waals surface area contributed by atoms with Gasteiger partial charge in [-0.15, -0.1) is 11.3 Å². The van der Waals surface area contributed by atoms with Gasteiger partial charge in [-0.2, -0.15) is 5.26 Å². The Morgan fingerprint density at radius 2 is 2.15 bits per heavy atom. The summed E-state index contributed by atoms with van der Waals surface area (Å²) in [5.41, 5.74) is 0.707. The van der Waals surface area contributed by atoms with Gasteiger partial charge in [0.2, 0.25) is 0 Å². The molecule has 0 saturated carbocycles. The van der Waals surface area contributed by atoms with Crippen LogP contribution in [-0.2, 0) is 14.6 Å². The molecule has 0 amide bonds. The molecule has 2 rings (SSSR count). The quantitative estimate of drug-likeness (QED) is 0.842. The first-order valence-electron chi connectivity index (χ1n) is 5.95. The van der Waals surface area contributed by atoms with Crippen LogP contribution in [0.1, 0.15) is 17.8 Å². The minimum Gasteiger partial charge on any atom is -0.297 e. The van der Waals surface area contributed by atoms with Crippen molar-refractivity contribution in [2.75, 3.05) is 11.5 Å². The van der Waals surface area contributed by atoms with Crippen molar-refractivity contribution >= 4 is 37.2 Å². The van der Waals surface area contributed by atoms with Crippen LogP contribution in [0.5, 0.6) is 0 Å². The molecule has 0 fully saturated rings. The highest BCUT2D eigenvalue weighted by molar-refractivity contribution is 7.92. The van der Waals surface area contributed by atoms with Gasteiger partial charge < -0.3 is 0 Å². The largest absolute Gasteiger partial charge is 0.297 e. The van der Waals surface area contributed by atoms with Gasteiger partial charge in [0.25, 0.3) is 0 Å². The van der Waals surface area contributed by atoms with E-state index in [0.717, 1.165) is 4.70 Å². The molecule has 0 spiro atoms. The van der Waals surface area contributed by atoms with Crippen LogP contribution >= 0.6 is 11.3 Å². The van der Waals surface area contributed by atoms with E-state index < -0.39 is 27.3 Å². The van der Waals surface area contributed by atoms with Crippen molar-refractivity contribution in [2.24, 2.45) is 0 Å². The van der Waals surface area contributed by atoms with E-state index in [1.165, 1.54) is 18.3 Å². The summed E-state index contributed by atoms with van der Waals surface area (Å²) in [5.74, 6) is -2.46. The number of Topliss-reactive ketones (excluding diaryl/α,β-unsaturated/α-hetero) is 1. The van der Waals surface area contributed by atoms with Crippen molar-refractivity contribution in [3.8, 4) is 6.07 Å². The SMILES string of the molecule is CCS(=O)(=O)CC(=O)[C@H](C#N)c1nc2ccccc2s1. The summed E-state index contributed by atoms with van der Waals surface area (Å²) in [6.45, 7) is 1.47. The fourth-order valence-electron chi connectivity index (χ4n) is 1.68. The lowest BCUT2D eigenvalue weighted by Crippen LogP contribution is -2.22. The highest BCUT2D eigenvalue weighted by Crippen LogP contribution is 2.28. The summed E-state index contributed by atoms with van der Waals surface area (Å²) < 4.78 is 23.8. The summed E-state index contributed by atoms with van der Waals surface area (Å²) in [6, 6.07) is 9.15. The molecule has 104 valence electrons. The number of sulfone groups is 1. The summed E-state index contributed by atoms with van der Waals surface area (Å²) in [4.78, 5) is 16.2. The van der Waals surface area contributed by atoms with Crippen LogP contribution in [0, 0.1) is 11.3 Å². The Labute approximate surface area is 120 Å². The molecule has 0 bridgehead atoms. The number of para-hydroxylation sites is 1. The molecule has 1 atom stereocenters. The number of hydrogen-bond donors (Lipinski definition) is 0. The molecule has 0 aliphatic rings. The first-order valence-corrected chi connectivity index (χ1v) is 8.59. The molecular weight excluding hydrogens is 296 g/mol. The first kappa shape index (κ1) is 14.6. The maximum atomic E-state index is 12.0. The van der Waals surface area contributed by atoms with E-state index in [1.807, 2.05) is 24.3 Å². The molecule has 1 heterocycles. The Hall–Kier alpha value is -1.78. The molecule has 20 heavy (non-hydrogen) atoms. The lowest BCUT2D eigenvalue weighted by Gasteiger charge is -2.04. The van der Waals surface area contributed by atoms with Gasteiger partial charge in [0.15, 0.2) is 21.5 Å². The van der Waals surface area contributed by atoms with Crippen molar-refractivity contribution in [3.63, 3.8) is 0 Å². The highest BCUT2D eigenvalue weighted by atomic mass is 32.2. The maximum absolute atomic E-state index is 12.0. The van der Waals surface area contributed by atoms with Crippen LogP contribution in [0.3, 0.4) is 0 Å². The van der Waals surface area contributed by atoms with Gasteiger partial charge in [-0.3, -0.25) is 4.79 Å². The number of benzene rings is 1. The van der Waals surface area contributed by atoms with E-state index in [4.69, 9.17) is 5.26 Å². The van der Waals surface area contributed by atoms with E-state index in [9.17, 15) is 13.2 Å². The standard InChI is InChI=1S/C13H12N2O3S2/c1-2-20(17,18)8-11(16)9(7-14)13-15-10-5-3-4-6-12(10)19-13/h3-6,9H,2,8H2,1H3/t9-/m0/s1. The second-order valence-electron chi connectivity index (χ2n) is 4.22. The van der Waals surface area contributed by atoms with Crippen molar-refractivity contribution < 1.29 is 13.2 Å². The highest BCUT2D eigenvalue weighted by Gasteiger charge is 2.27. The van der Waals surface area contributed by atoms with Gasteiger partial charge >= 0.3 is 0 Å². The van der Waals surface area contributed by atoms with Gasteiger partial charge in [0.05, 0.1) is 16.3 Å². The predicted octanol–water partition coefficient (Wildman–Crippen LogP) is 1.91. The molecule has 0 aliphatic heterocycles. The molecule has 5 nitrogen and oxygen atoms in total. The summed E-state index contributed by atoms with van der Waals surface area (Å²) in [5, 5.41) is 9.50.